The molecule has 0 aliphatic carbocycles. The average Bonchev–Trinajstić information content (AvgIpc) is 2.32. The van der Waals surface area contributed by atoms with E-state index >= 15 is 0 Å². The minimum atomic E-state index is -0.787. The molecule has 0 heterocycles. The van der Waals surface area contributed by atoms with Crippen LogP contribution >= 0.6 is 0 Å². The van der Waals surface area contributed by atoms with Gasteiger partial charge in [-0.1, -0.05) is 6.07 Å². The van der Waals surface area contributed by atoms with Crippen LogP contribution in [0, 0.1) is 0 Å². The summed E-state index contributed by atoms with van der Waals surface area (Å²) in [5.41, 5.74) is 7.64. The van der Waals surface area contributed by atoms with E-state index < -0.39 is 5.97 Å². The van der Waals surface area contributed by atoms with Gasteiger partial charge in [-0.2, -0.15) is 0 Å². The number of carboxylic acids is 1. The second kappa shape index (κ2) is 7.63. The van der Waals surface area contributed by atoms with Gasteiger partial charge in [0.2, 0.25) is 0 Å². The van der Waals surface area contributed by atoms with Crippen molar-refractivity contribution in [1.29, 1.82) is 0 Å². The number of aliphatic carboxylic acids is 1. The first-order valence-corrected chi connectivity index (χ1v) is 6.49. The number of rotatable bonds is 8. The molecule has 106 valence electrons. The van der Waals surface area contributed by atoms with E-state index in [9.17, 15) is 4.79 Å². The van der Waals surface area contributed by atoms with Crippen molar-refractivity contribution < 1.29 is 14.6 Å². The van der Waals surface area contributed by atoms with Crippen molar-refractivity contribution in [3.63, 3.8) is 0 Å². The van der Waals surface area contributed by atoms with Gasteiger partial charge < -0.3 is 20.9 Å². The summed E-state index contributed by atoms with van der Waals surface area (Å²) in [4.78, 5) is 10.4. The molecular weight excluding hydrogens is 244 g/mol. The Bertz CT molecular complexity index is 421. The number of carboxylic acid groups (broad SMARTS) is 1. The van der Waals surface area contributed by atoms with E-state index in [4.69, 9.17) is 15.6 Å². The van der Waals surface area contributed by atoms with Crippen LogP contribution in [0.15, 0.2) is 18.2 Å². The highest BCUT2D eigenvalue weighted by Crippen LogP contribution is 2.23. The third kappa shape index (κ3) is 5.61. The van der Waals surface area contributed by atoms with Crippen LogP contribution in [0.25, 0.3) is 0 Å². The maximum Gasteiger partial charge on any atom is 0.304 e. The van der Waals surface area contributed by atoms with Crippen LogP contribution in [-0.2, 0) is 11.2 Å². The van der Waals surface area contributed by atoms with Gasteiger partial charge in [-0.3, -0.25) is 4.79 Å². The number of hydrogen-bond acceptors (Lipinski definition) is 4. The van der Waals surface area contributed by atoms with Crippen molar-refractivity contribution in [2.45, 2.75) is 32.7 Å². The maximum absolute atomic E-state index is 10.4. The van der Waals surface area contributed by atoms with Gasteiger partial charge in [0.25, 0.3) is 0 Å². The van der Waals surface area contributed by atoms with Crippen molar-refractivity contribution in [3.05, 3.63) is 23.8 Å². The van der Waals surface area contributed by atoms with Gasteiger partial charge >= 0.3 is 5.97 Å². The number of ether oxygens (including phenoxy) is 1. The standard InChI is InChI=1S/C14H22N2O3/c1-3-19-13-5-4-11(9-12(13)15)8-10(2)16-7-6-14(17)18/h4-5,9-10,16H,3,6-8,15H2,1-2H3,(H,17,18). The van der Waals surface area contributed by atoms with Gasteiger partial charge in [-0.05, 0) is 38.0 Å². The Kier molecular flexibility index (Phi) is 6.15. The Morgan fingerprint density at radius 2 is 2.26 bits per heavy atom. The van der Waals surface area contributed by atoms with Crippen LogP contribution in [0.5, 0.6) is 5.75 Å². The van der Waals surface area contributed by atoms with Crippen LogP contribution in [0.4, 0.5) is 5.69 Å². The quantitative estimate of drug-likeness (QED) is 0.623. The molecule has 0 spiro atoms. The summed E-state index contributed by atoms with van der Waals surface area (Å²) in [5.74, 6) is -0.0808. The van der Waals surface area contributed by atoms with E-state index in [0.29, 0.717) is 24.6 Å². The fourth-order valence-electron chi connectivity index (χ4n) is 1.86. The molecule has 4 N–H and O–H groups in total. The molecule has 5 nitrogen and oxygen atoms in total. The molecule has 0 radical (unpaired) electrons. The molecule has 1 aromatic carbocycles. The molecule has 5 heteroatoms. The van der Waals surface area contributed by atoms with Gasteiger partial charge in [0, 0.05) is 12.6 Å². The molecule has 0 fully saturated rings. The van der Waals surface area contributed by atoms with Crippen molar-refractivity contribution in [1.82, 2.24) is 5.32 Å². The molecule has 0 saturated carbocycles. The fourth-order valence-corrected chi connectivity index (χ4v) is 1.86. The molecule has 1 rings (SSSR count). The summed E-state index contributed by atoms with van der Waals surface area (Å²) in [6.45, 7) is 5.01. The van der Waals surface area contributed by atoms with E-state index in [2.05, 4.69) is 5.32 Å². The molecule has 0 amide bonds. The number of carbonyl (C=O) groups is 1. The first-order valence-electron chi connectivity index (χ1n) is 6.49. The van der Waals surface area contributed by atoms with E-state index in [-0.39, 0.29) is 12.5 Å². The molecule has 1 unspecified atom stereocenters. The van der Waals surface area contributed by atoms with E-state index in [1.54, 1.807) is 0 Å². The number of benzene rings is 1. The van der Waals surface area contributed by atoms with Gasteiger partial charge in [0.15, 0.2) is 0 Å². The lowest BCUT2D eigenvalue weighted by molar-refractivity contribution is -0.136. The Balaban J connectivity index is 2.48. The van der Waals surface area contributed by atoms with E-state index in [1.807, 2.05) is 32.0 Å². The van der Waals surface area contributed by atoms with Gasteiger partial charge in [0.05, 0.1) is 18.7 Å². The topological polar surface area (TPSA) is 84.6 Å². The SMILES string of the molecule is CCOc1ccc(CC(C)NCCC(=O)O)cc1N. The molecule has 0 aliphatic rings. The van der Waals surface area contributed by atoms with Crippen LogP contribution in [0.1, 0.15) is 25.8 Å². The minimum absolute atomic E-state index is 0.135. The first kappa shape index (κ1) is 15.3. The summed E-state index contributed by atoms with van der Waals surface area (Å²) in [6, 6.07) is 5.96. The molecular formula is C14H22N2O3. The Morgan fingerprint density at radius 3 is 2.84 bits per heavy atom. The normalized spacial score (nSPS) is 12.1. The lowest BCUT2D eigenvalue weighted by Gasteiger charge is -2.14. The Morgan fingerprint density at radius 1 is 1.53 bits per heavy atom. The molecule has 0 bridgehead atoms. The fraction of sp³-hybridized carbons (Fsp3) is 0.500. The highest BCUT2D eigenvalue weighted by atomic mass is 16.5. The molecule has 1 aromatic rings. The summed E-state index contributed by atoms with van der Waals surface area (Å²) >= 11 is 0. The van der Waals surface area contributed by atoms with Crippen molar-refractivity contribution in [3.8, 4) is 5.75 Å². The van der Waals surface area contributed by atoms with Crippen LogP contribution in [0.3, 0.4) is 0 Å². The monoisotopic (exact) mass is 266 g/mol. The summed E-state index contributed by atoms with van der Waals surface area (Å²) in [5, 5.41) is 11.7. The minimum Gasteiger partial charge on any atom is -0.492 e. The van der Waals surface area contributed by atoms with Gasteiger partial charge in [-0.15, -0.1) is 0 Å². The lowest BCUT2D eigenvalue weighted by atomic mass is 10.1. The molecule has 0 saturated heterocycles. The van der Waals surface area contributed by atoms with Crippen molar-refractivity contribution >= 4 is 11.7 Å². The van der Waals surface area contributed by atoms with Crippen LogP contribution < -0.4 is 15.8 Å². The largest absolute Gasteiger partial charge is 0.492 e. The molecule has 1 atom stereocenters. The zero-order chi connectivity index (χ0) is 14.3. The first-order chi connectivity index (χ1) is 9.02. The third-order valence-electron chi connectivity index (χ3n) is 2.75. The predicted octanol–water partition coefficient (Wildman–Crippen LogP) is 1.66. The predicted molar refractivity (Wildman–Crippen MR) is 75.4 cm³/mol. The smallest absolute Gasteiger partial charge is 0.304 e. The second-order valence-corrected chi connectivity index (χ2v) is 4.51. The van der Waals surface area contributed by atoms with Gasteiger partial charge in [-0.25, -0.2) is 0 Å². The number of anilines is 1. The number of hydrogen-bond donors (Lipinski definition) is 3. The average molecular weight is 266 g/mol. The van der Waals surface area contributed by atoms with Crippen LogP contribution in [-0.4, -0.2) is 30.3 Å². The lowest BCUT2D eigenvalue weighted by Crippen LogP contribution is -2.30. The number of nitrogens with one attached hydrogen (secondary N) is 1. The highest BCUT2D eigenvalue weighted by Gasteiger charge is 2.06. The summed E-state index contributed by atoms with van der Waals surface area (Å²) < 4.78 is 5.38. The highest BCUT2D eigenvalue weighted by molar-refractivity contribution is 5.66. The molecule has 0 aromatic heterocycles. The zero-order valence-corrected chi connectivity index (χ0v) is 11.5. The molecule has 0 aliphatic heterocycles. The van der Waals surface area contributed by atoms with E-state index in [1.165, 1.54) is 0 Å². The summed E-state index contributed by atoms with van der Waals surface area (Å²) in [6.07, 6.45) is 0.936. The van der Waals surface area contributed by atoms with Crippen molar-refractivity contribution in [2.75, 3.05) is 18.9 Å². The number of nitrogens with two attached hydrogens (primary N) is 1. The summed E-state index contributed by atoms with van der Waals surface area (Å²) in [7, 11) is 0. The van der Waals surface area contributed by atoms with Gasteiger partial charge in [0.1, 0.15) is 5.75 Å². The Hall–Kier alpha value is -1.75. The third-order valence-corrected chi connectivity index (χ3v) is 2.75. The zero-order valence-electron chi connectivity index (χ0n) is 11.5. The van der Waals surface area contributed by atoms with Crippen molar-refractivity contribution in [2.24, 2.45) is 0 Å². The molecule has 19 heavy (non-hydrogen) atoms. The number of nitrogen functional groups attached to an aromatic ring is 1. The van der Waals surface area contributed by atoms with Crippen LogP contribution in [0.2, 0.25) is 0 Å². The maximum atomic E-state index is 10.4. The van der Waals surface area contributed by atoms with E-state index in [0.717, 1.165) is 12.0 Å². The second-order valence-electron chi connectivity index (χ2n) is 4.51. The Labute approximate surface area is 113 Å².